The number of amides is 2. The second-order valence-electron chi connectivity index (χ2n) is 6.84. The van der Waals surface area contributed by atoms with Crippen LogP contribution in [0.4, 0.5) is 5.69 Å². The molecule has 1 aliphatic rings. The Labute approximate surface area is 164 Å². The molecule has 1 N–H and O–H groups in total. The summed E-state index contributed by atoms with van der Waals surface area (Å²) in [6, 6.07) is 11.3. The van der Waals surface area contributed by atoms with Gasteiger partial charge in [-0.25, -0.2) is 0 Å². The number of thioether (sulfide) groups is 1. The number of pyridine rings is 1. The van der Waals surface area contributed by atoms with Gasteiger partial charge in [-0.1, -0.05) is 12.1 Å². The van der Waals surface area contributed by atoms with Crippen molar-refractivity contribution in [2.45, 2.75) is 39.2 Å². The summed E-state index contributed by atoms with van der Waals surface area (Å²) in [5.41, 5.74) is 4.10. The van der Waals surface area contributed by atoms with Gasteiger partial charge in [0.25, 0.3) is 0 Å². The summed E-state index contributed by atoms with van der Waals surface area (Å²) in [6.45, 7) is 4.06. The van der Waals surface area contributed by atoms with E-state index in [1.165, 1.54) is 5.56 Å². The van der Waals surface area contributed by atoms with Crippen LogP contribution >= 0.6 is 11.8 Å². The summed E-state index contributed by atoms with van der Waals surface area (Å²) in [4.78, 5) is 31.3. The molecule has 0 bridgehead atoms. The number of hydrogen-bond acceptors (Lipinski definition) is 4. The van der Waals surface area contributed by atoms with Crippen LogP contribution in [-0.2, 0) is 16.0 Å². The molecular weight excluding hydrogens is 358 g/mol. The van der Waals surface area contributed by atoms with Gasteiger partial charge in [0.05, 0.1) is 5.88 Å². The molecule has 1 fully saturated rings. The number of carbonyl (C=O) groups is 2. The maximum atomic E-state index is 12.7. The maximum absolute atomic E-state index is 12.7. The summed E-state index contributed by atoms with van der Waals surface area (Å²) in [5, 5.41) is 2.96. The number of nitrogens with one attached hydrogen (secondary N) is 1. The Bertz CT molecular complexity index is 810. The van der Waals surface area contributed by atoms with Crippen molar-refractivity contribution in [1.82, 2.24) is 9.88 Å². The maximum Gasteiger partial charge on any atom is 0.248 e. The highest BCUT2D eigenvalue weighted by Crippen LogP contribution is 2.24. The van der Waals surface area contributed by atoms with Crippen molar-refractivity contribution in [2.75, 3.05) is 16.9 Å². The van der Waals surface area contributed by atoms with Gasteiger partial charge in [-0.3, -0.25) is 14.6 Å². The van der Waals surface area contributed by atoms with E-state index in [1.807, 2.05) is 50.2 Å². The van der Waals surface area contributed by atoms with Crippen LogP contribution in [0.3, 0.4) is 0 Å². The van der Waals surface area contributed by atoms with Crippen LogP contribution in [0, 0.1) is 13.8 Å². The van der Waals surface area contributed by atoms with Crippen molar-refractivity contribution < 1.29 is 9.59 Å². The Balaban J connectivity index is 1.54. The first-order valence-electron chi connectivity index (χ1n) is 9.20. The van der Waals surface area contributed by atoms with Gasteiger partial charge in [-0.05, 0) is 62.1 Å². The van der Waals surface area contributed by atoms with Crippen LogP contribution in [0.15, 0.2) is 42.6 Å². The lowest BCUT2D eigenvalue weighted by Gasteiger charge is -2.23. The zero-order valence-corrected chi connectivity index (χ0v) is 16.6. The fraction of sp³-hybridized carbons (Fsp3) is 0.381. The van der Waals surface area contributed by atoms with Crippen LogP contribution in [-0.4, -0.2) is 39.4 Å². The Hall–Kier alpha value is -2.34. The minimum absolute atomic E-state index is 0.0381. The van der Waals surface area contributed by atoms with Gasteiger partial charge in [-0.2, -0.15) is 0 Å². The smallest absolute Gasteiger partial charge is 0.248 e. The Kier molecular flexibility index (Phi) is 6.50. The molecule has 6 heteroatoms. The molecule has 0 spiro atoms. The molecule has 2 heterocycles. The van der Waals surface area contributed by atoms with Crippen molar-refractivity contribution >= 4 is 29.3 Å². The number of hydrogen-bond donors (Lipinski definition) is 1. The number of aryl methyl sites for hydroxylation is 3. The predicted octanol–water partition coefficient (Wildman–Crippen LogP) is 3.56. The average molecular weight is 384 g/mol. The zero-order valence-electron chi connectivity index (χ0n) is 15.8. The molecule has 1 aliphatic heterocycles. The highest BCUT2D eigenvalue weighted by Gasteiger charge is 2.34. The highest BCUT2D eigenvalue weighted by molar-refractivity contribution is 7.99. The molecule has 0 aliphatic carbocycles. The second-order valence-corrected chi connectivity index (χ2v) is 7.84. The van der Waals surface area contributed by atoms with E-state index in [0.29, 0.717) is 18.1 Å². The molecule has 1 atom stereocenters. The first-order chi connectivity index (χ1) is 13.0. The fourth-order valence-electron chi connectivity index (χ4n) is 3.06. The molecule has 2 aromatic rings. The summed E-state index contributed by atoms with van der Waals surface area (Å²) < 4.78 is 0. The van der Waals surface area contributed by atoms with Crippen LogP contribution in [0.2, 0.25) is 0 Å². The SMILES string of the molecule is Cc1ccc(NC(=O)C2CSCN2C(=O)CCCc2ccccn2)cc1C. The van der Waals surface area contributed by atoms with Crippen molar-refractivity contribution in [1.29, 1.82) is 0 Å². The number of benzene rings is 1. The minimum Gasteiger partial charge on any atom is -0.324 e. The van der Waals surface area contributed by atoms with Crippen LogP contribution in [0.25, 0.3) is 0 Å². The largest absolute Gasteiger partial charge is 0.324 e. The molecular formula is C21H25N3O2S. The molecule has 1 unspecified atom stereocenters. The number of anilines is 1. The van der Waals surface area contributed by atoms with Gasteiger partial charge in [0.2, 0.25) is 11.8 Å². The number of carbonyl (C=O) groups excluding carboxylic acids is 2. The summed E-state index contributed by atoms with van der Waals surface area (Å²) >= 11 is 1.62. The third-order valence-corrected chi connectivity index (χ3v) is 5.84. The monoisotopic (exact) mass is 383 g/mol. The standard InChI is InChI=1S/C21H25N3O2S/c1-15-9-10-18(12-16(15)2)23-21(26)19-13-27-14-24(19)20(25)8-5-7-17-6-3-4-11-22-17/h3-4,6,9-12,19H,5,7-8,13-14H2,1-2H3,(H,23,26). The number of rotatable bonds is 6. The Morgan fingerprint density at radius 3 is 2.81 bits per heavy atom. The third kappa shape index (κ3) is 5.10. The lowest BCUT2D eigenvalue weighted by atomic mass is 10.1. The molecule has 1 saturated heterocycles. The molecule has 142 valence electrons. The Morgan fingerprint density at radius 1 is 1.22 bits per heavy atom. The van der Waals surface area contributed by atoms with Gasteiger partial charge in [0, 0.05) is 29.8 Å². The average Bonchev–Trinajstić information content (AvgIpc) is 3.16. The molecule has 0 saturated carbocycles. The molecule has 2 amide bonds. The fourth-order valence-corrected chi connectivity index (χ4v) is 4.24. The van der Waals surface area contributed by atoms with E-state index in [2.05, 4.69) is 10.3 Å². The normalized spacial score (nSPS) is 16.4. The van der Waals surface area contributed by atoms with E-state index < -0.39 is 6.04 Å². The summed E-state index contributed by atoms with van der Waals surface area (Å²) in [5.74, 6) is 1.15. The van der Waals surface area contributed by atoms with E-state index in [4.69, 9.17) is 0 Å². The Morgan fingerprint density at radius 2 is 2.07 bits per heavy atom. The van der Waals surface area contributed by atoms with Crippen molar-refractivity contribution in [2.24, 2.45) is 0 Å². The lowest BCUT2D eigenvalue weighted by Crippen LogP contribution is -2.44. The quantitative estimate of drug-likeness (QED) is 0.828. The summed E-state index contributed by atoms with van der Waals surface area (Å²) in [6.07, 6.45) is 3.71. The topological polar surface area (TPSA) is 62.3 Å². The van der Waals surface area contributed by atoms with Crippen molar-refractivity contribution in [3.05, 3.63) is 59.4 Å². The van der Waals surface area contributed by atoms with Crippen molar-refractivity contribution in [3.8, 4) is 0 Å². The third-order valence-electron chi connectivity index (χ3n) is 4.83. The molecule has 5 nitrogen and oxygen atoms in total. The van der Waals surface area contributed by atoms with Crippen molar-refractivity contribution in [3.63, 3.8) is 0 Å². The molecule has 0 radical (unpaired) electrons. The molecule has 1 aromatic heterocycles. The first kappa shape index (κ1) is 19.4. The zero-order chi connectivity index (χ0) is 19.2. The van der Waals surface area contributed by atoms with E-state index >= 15 is 0 Å². The van der Waals surface area contributed by atoms with E-state index in [0.717, 1.165) is 29.8 Å². The van der Waals surface area contributed by atoms with Gasteiger partial charge < -0.3 is 10.2 Å². The van der Waals surface area contributed by atoms with E-state index in [-0.39, 0.29) is 11.8 Å². The van der Waals surface area contributed by atoms with Crippen LogP contribution in [0.1, 0.15) is 29.7 Å². The molecule has 1 aromatic carbocycles. The molecule has 3 rings (SSSR count). The second kappa shape index (κ2) is 9.04. The van der Waals surface area contributed by atoms with Gasteiger partial charge in [0.15, 0.2) is 0 Å². The summed E-state index contributed by atoms with van der Waals surface area (Å²) in [7, 11) is 0. The van der Waals surface area contributed by atoms with E-state index in [1.54, 1.807) is 22.9 Å². The number of aromatic nitrogens is 1. The van der Waals surface area contributed by atoms with Gasteiger partial charge >= 0.3 is 0 Å². The van der Waals surface area contributed by atoms with Crippen LogP contribution in [0.5, 0.6) is 0 Å². The lowest BCUT2D eigenvalue weighted by molar-refractivity contribution is -0.136. The number of nitrogens with zero attached hydrogens (tertiary/aromatic N) is 2. The van der Waals surface area contributed by atoms with Gasteiger partial charge in [-0.15, -0.1) is 11.8 Å². The minimum atomic E-state index is -0.404. The van der Waals surface area contributed by atoms with Gasteiger partial charge in [0.1, 0.15) is 6.04 Å². The van der Waals surface area contributed by atoms with E-state index in [9.17, 15) is 9.59 Å². The highest BCUT2D eigenvalue weighted by atomic mass is 32.2. The predicted molar refractivity (Wildman–Crippen MR) is 110 cm³/mol. The van der Waals surface area contributed by atoms with Crippen LogP contribution < -0.4 is 5.32 Å². The molecule has 27 heavy (non-hydrogen) atoms. The first-order valence-corrected chi connectivity index (χ1v) is 10.4.